The number of hydrogen-bond acceptors (Lipinski definition) is 3. The Balaban J connectivity index is 1.43. The number of rotatable bonds is 3. The lowest BCUT2D eigenvalue weighted by molar-refractivity contribution is -0.144. The molecule has 1 spiro atoms. The normalized spacial score (nSPS) is 19.7. The predicted octanol–water partition coefficient (Wildman–Crippen LogP) is 4.54. The maximum Gasteiger partial charge on any atom is 0.255 e. The van der Waals surface area contributed by atoms with Gasteiger partial charge >= 0.3 is 0 Å². The molecule has 32 heavy (non-hydrogen) atoms. The van der Waals surface area contributed by atoms with Gasteiger partial charge in [-0.2, -0.15) is 0 Å². The number of pyridine rings is 1. The third-order valence-corrected chi connectivity index (χ3v) is 6.84. The van der Waals surface area contributed by atoms with Crippen LogP contribution in [0.3, 0.4) is 0 Å². The number of likely N-dealkylation sites (tertiary alicyclic amines) is 1. The van der Waals surface area contributed by atoms with E-state index in [-0.39, 0.29) is 23.7 Å². The van der Waals surface area contributed by atoms with Crippen LogP contribution >= 0.6 is 0 Å². The molecule has 1 atom stereocenters. The third kappa shape index (κ3) is 3.18. The molecule has 0 aliphatic carbocycles. The molecule has 3 heterocycles. The van der Waals surface area contributed by atoms with Crippen molar-refractivity contribution in [3.63, 3.8) is 0 Å². The molecule has 1 aromatic heterocycles. The summed E-state index contributed by atoms with van der Waals surface area (Å²) in [7, 11) is 0. The Morgan fingerprint density at radius 2 is 1.81 bits per heavy atom. The van der Waals surface area contributed by atoms with Gasteiger partial charge in [0, 0.05) is 31.2 Å². The van der Waals surface area contributed by atoms with Crippen molar-refractivity contribution in [2.75, 3.05) is 18.0 Å². The summed E-state index contributed by atoms with van der Waals surface area (Å²) >= 11 is 0. The maximum atomic E-state index is 13.9. The number of carbonyl (C=O) groups is 2. The zero-order valence-electron chi connectivity index (χ0n) is 17.9. The van der Waals surface area contributed by atoms with Crippen LogP contribution in [0.4, 0.5) is 10.1 Å². The number of nitrogens with zero attached hydrogens (tertiary/aromatic N) is 3. The van der Waals surface area contributed by atoms with E-state index in [1.54, 1.807) is 29.4 Å². The highest BCUT2D eigenvalue weighted by Gasteiger charge is 2.62. The highest BCUT2D eigenvalue weighted by molar-refractivity contribution is 6.06. The number of β-lactam (4-membered cyclic amide) rings is 1. The van der Waals surface area contributed by atoms with Crippen LogP contribution < -0.4 is 4.90 Å². The molecule has 3 aromatic rings. The smallest absolute Gasteiger partial charge is 0.255 e. The first-order valence-corrected chi connectivity index (χ1v) is 10.9. The van der Waals surface area contributed by atoms with Gasteiger partial charge in [-0.05, 0) is 55.2 Å². The Labute approximate surface area is 186 Å². The minimum atomic E-state index is -0.589. The highest BCUT2D eigenvalue weighted by atomic mass is 19.1. The minimum absolute atomic E-state index is 0.00149. The lowest BCUT2D eigenvalue weighted by atomic mass is 9.62. The van der Waals surface area contributed by atoms with Gasteiger partial charge in [0.15, 0.2) is 0 Å². The van der Waals surface area contributed by atoms with E-state index in [1.807, 2.05) is 48.2 Å². The molecule has 2 saturated heterocycles. The van der Waals surface area contributed by atoms with Gasteiger partial charge in [0.05, 0.1) is 17.0 Å². The Hall–Kier alpha value is -3.54. The average Bonchev–Trinajstić information content (AvgIpc) is 2.82. The number of aryl methyl sites for hydroxylation is 1. The fourth-order valence-electron chi connectivity index (χ4n) is 5.11. The van der Waals surface area contributed by atoms with Crippen molar-refractivity contribution in [3.05, 3.63) is 95.6 Å². The molecule has 5 rings (SSSR count). The molecule has 1 unspecified atom stereocenters. The summed E-state index contributed by atoms with van der Waals surface area (Å²) in [4.78, 5) is 34.2. The fraction of sp³-hybridized carbons (Fsp3) is 0.269. The Bertz CT molecular complexity index is 1170. The van der Waals surface area contributed by atoms with Crippen LogP contribution in [-0.2, 0) is 4.79 Å². The van der Waals surface area contributed by atoms with Crippen molar-refractivity contribution in [3.8, 4) is 0 Å². The molecule has 2 aromatic carbocycles. The van der Waals surface area contributed by atoms with Crippen LogP contribution in [0.25, 0.3) is 0 Å². The standard InChI is InChI=1S/C26H24FN3O2/c1-18-10-13-28-17-22(18)24(31)29-14-11-26(12-15-29)23(19-6-3-2-4-7-19)30(25(26)32)21-9-5-8-20(27)16-21/h2-10,13,16-17,23H,11-12,14-15H2,1H3. The summed E-state index contributed by atoms with van der Waals surface area (Å²) in [6.45, 7) is 2.90. The number of halogens is 1. The van der Waals surface area contributed by atoms with Crippen molar-refractivity contribution in [2.45, 2.75) is 25.8 Å². The summed E-state index contributed by atoms with van der Waals surface area (Å²) in [6.07, 6.45) is 4.43. The number of anilines is 1. The maximum absolute atomic E-state index is 13.9. The Morgan fingerprint density at radius 1 is 1.06 bits per heavy atom. The van der Waals surface area contributed by atoms with Crippen molar-refractivity contribution in [1.29, 1.82) is 0 Å². The molecule has 162 valence electrons. The SMILES string of the molecule is Cc1ccncc1C(=O)N1CCC2(CC1)C(=O)N(c1cccc(F)c1)C2c1ccccc1. The van der Waals surface area contributed by atoms with Crippen molar-refractivity contribution < 1.29 is 14.0 Å². The van der Waals surface area contributed by atoms with Crippen LogP contribution in [0.2, 0.25) is 0 Å². The van der Waals surface area contributed by atoms with E-state index < -0.39 is 5.41 Å². The van der Waals surface area contributed by atoms with E-state index in [9.17, 15) is 14.0 Å². The lowest BCUT2D eigenvalue weighted by Crippen LogP contribution is -2.67. The second-order valence-corrected chi connectivity index (χ2v) is 8.61. The summed E-state index contributed by atoms with van der Waals surface area (Å²) in [5, 5.41) is 0. The van der Waals surface area contributed by atoms with E-state index in [0.29, 0.717) is 37.2 Å². The Morgan fingerprint density at radius 3 is 2.50 bits per heavy atom. The summed E-state index contributed by atoms with van der Waals surface area (Å²) in [5.74, 6) is -0.410. The molecular weight excluding hydrogens is 405 g/mol. The van der Waals surface area contributed by atoms with Crippen molar-refractivity contribution >= 4 is 17.5 Å². The van der Waals surface area contributed by atoms with Gasteiger partial charge in [0.1, 0.15) is 5.82 Å². The molecule has 2 aliphatic rings. The molecule has 2 aliphatic heterocycles. The highest BCUT2D eigenvalue weighted by Crippen LogP contribution is 2.57. The lowest BCUT2D eigenvalue weighted by Gasteiger charge is -2.59. The molecular formula is C26H24FN3O2. The number of aromatic nitrogens is 1. The van der Waals surface area contributed by atoms with Crippen LogP contribution in [0, 0.1) is 18.2 Å². The van der Waals surface area contributed by atoms with Crippen molar-refractivity contribution in [1.82, 2.24) is 9.88 Å². The largest absolute Gasteiger partial charge is 0.339 e. The van der Waals surface area contributed by atoms with E-state index >= 15 is 0 Å². The number of amides is 2. The summed E-state index contributed by atoms with van der Waals surface area (Å²) < 4.78 is 13.9. The first-order valence-electron chi connectivity index (χ1n) is 10.9. The van der Waals surface area contributed by atoms with Crippen LogP contribution in [0.1, 0.15) is 40.4 Å². The van der Waals surface area contributed by atoms with Crippen molar-refractivity contribution in [2.24, 2.45) is 5.41 Å². The zero-order chi connectivity index (χ0) is 22.3. The molecule has 5 nitrogen and oxygen atoms in total. The first kappa shape index (κ1) is 20.4. The van der Waals surface area contributed by atoms with E-state index in [2.05, 4.69) is 4.98 Å². The van der Waals surface area contributed by atoms with Gasteiger partial charge in [0.2, 0.25) is 5.91 Å². The topological polar surface area (TPSA) is 53.5 Å². The second-order valence-electron chi connectivity index (χ2n) is 8.61. The molecule has 6 heteroatoms. The van der Waals surface area contributed by atoms with Gasteiger partial charge in [-0.3, -0.25) is 14.6 Å². The number of carbonyl (C=O) groups excluding carboxylic acids is 2. The zero-order valence-corrected chi connectivity index (χ0v) is 17.9. The van der Waals surface area contributed by atoms with Gasteiger partial charge in [-0.15, -0.1) is 0 Å². The van der Waals surface area contributed by atoms with E-state index in [4.69, 9.17) is 0 Å². The quantitative estimate of drug-likeness (QED) is 0.575. The average molecular weight is 429 g/mol. The summed E-state index contributed by atoms with van der Waals surface area (Å²) in [6, 6.07) is 17.7. The van der Waals surface area contributed by atoms with Gasteiger partial charge in [0.25, 0.3) is 5.91 Å². The van der Waals surface area contributed by atoms with E-state index in [1.165, 1.54) is 12.1 Å². The van der Waals surface area contributed by atoms with Gasteiger partial charge in [-0.25, -0.2) is 4.39 Å². The van der Waals surface area contributed by atoms with Crippen LogP contribution in [0.5, 0.6) is 0 Å². The first-order chi connectivity index (χ1) is 15.5. The molecule has 2 fully saturated rings. The monoisotopic (exact) mass is 429 g/mol. The van der Waals surface area contributed by atoms with Crippen LogP contribution in [-0.4, -0.2) is 34.8 Å². The minimum Gasteiger partial charge on any atom is -0.339 e. The molecule has 0 bridgehead atoms. The van der Waals surface area contributed by atoms with Gasteiger partial charge in [-0.1, -0.05) is 36.4 Å². The second kappa shape index (κ2) is 7.86. The fourth-order valence-corrected chi connectivity index (χ4v) is 5.11. The summed E-state index contributed by atoms with van der Waals surface area (Å²) in [5.41, 5.74) is 2.50. The Kier molecular flexibility index (Phi) is 5.00. The predicted molar refractivity (Wildman–Crippen MR) is 120 cm³/mol. The molecule has 0 saturated carbocycles. The van der Waals surface area contributed by atoms with Gasteiger partial charge < -0.3 is 9.80 Å². The number of hydrogen-bond donors (Lipinski definition) is 0. The van der Waals surface area contributed by atoms with E-state index in [0.717, 1.165) is 11.1 Å². The molecule has 2 amide bonds. The van der Waals surface area contributed by atoms with Crippen LogP contribution in [0.15, 0.2) is 73.1 Å². The third-order valence-electron chi connectivity index (χ3n) is 6.84. The number of piperidine rings is 1. The number of benzene rings is 2. The molecule has 0 radical (unpaired) electrons. The molecule has 0 N–H and O–H groups in total.